The number of methoxy groups -OCH3 is 2. The molecule has 284 valence electrons. The van der Waals surface area contributed by atoms with E-state index in [0.717, 1.165) is 61.2 Å². The first-order valence-corrected chi connectivity index (χ1v) is 19.8. The van der Waals surface area contributed by atoms with Gasteiger partial charge in [0.15, 0.2) is 21.6 Å². The number of fused-ring (bicyclic) bond motifs is 2. The van der Waals surface area contributed by atoms with E-state index in [1.807, 2.05) is 24.3 Å². The third kappa shape index (κ3) is 13.5. The van der Waals surface area contributed by atoms with Gasteiger partial charge in [0, 0.05) is 24.8 Å². The Hall–Kier alpha value is -3.46. The summed E-state index contributed by atoms with van der Waals surface area (Å²) in [5.74, 6) is 0.466. The normalized spacial score (nSPS) is 11.6. The molecule has 0 radical (unpaired) electrons. The van der Waals surface area contributed by atoms with Crippen molar-refractivity contribution in [3.8, 4) is 11.5 Å². The first-order valence-electron chi connectivity index (χ1n) is 17.1. The molecule has 0 unspecified atom stereocenters. The number of hydrogen-bond acceptors (Lipinski definition) is 13. The molecular formula is C38H49BrN2O9S2. The number of ketones is 2. The lowest BCUT2D eigenvalue weighted by Crippen LogP contribution is -2.24. The molecule has 52 heavy (non-hydrogen) atoms. The minimum absolute atomic E-state index is 0.0388. The van der Waals surface area contributed by atoms with Crippen molar-refractivity contribution in [1.82, 2.24) is 9.97 Å². The lowest BCUT2D eigenvalue weighted by Gasteiger charge is -2.19. The summed E-state index contributed by atoms with van der Waals surface area (Å²) in [6.45, 7) is 10.9. The van der Waals surface area contributed by atoms with Gasteiger partial charge in [-0.05, 0) is 103 Å². The molecule has 0 atom stereocenters. The van der Waals surface area contributed by atoms with E-state index < -0.39 is 11.2 Å². The number of benzene rings is 2. The number of nitrogens with zero attached hydrogens (tertiary/aromatic N) is 2. The van der Waals surface area contributed by atoms with E-state index in [4.69, 9.17) is 24.1 Å². The summed E-state index contributed by atoms with van der Waals surface area (Å²) in [7, 11) is 3.24. The van der Waals surface area contributed by atoms with Gasteiger partial charge in [-0.3, -0.25) is 19.2 Å². The number of thiazole rings is 2. The van der Waals surface area contributed by atoms with Gasteiger partial charge in [-0.1, -0.05) is 15.9 Å². The summed E-state index contributed by atoms with van der Waals surface area (Å²) in [5, 5.41) is 10.7. The number of aryl methyl sites for hydroxylation is 2. The van der Waals surface area contributed by atoms with Gasteiger partial charge in [0.1, 0.15) is 22.7 Å². The second-order valence-electron chi connectivity index (χ2n) is 13.9. The minimum atomic E-state index is -0.558. The molecule has 4 aromatic rings. The summed E-state index contributed by atoms with van der Waals surface area (Å²) >= 11 is 6.06. The highest BCUT2D eigenvalue weighted by Gasteiger charge is 2.21. The molecule has 0 spiro atoms. The molecule has 2 heterocycles. The van der Waals surface area contributed by atoms with Crippen molar-refractivity contribution in [2.24, 2.45) is 0 Å². The maximum Gasteiger partial charge on any atom is 0.306 e. The maximum absolute atomic E-state index is 12.4. The number of alkyl halides is 1. The quantitative estimate of drug-likeness (QED) is 0.0659. The van der Waals surface area contributed by atoms with Crippen LogP contribution >= 0.6 is 38.6 Å². The number of carbonyl (C=O) groups excluding carboxylic acids is 4. The van der Waals surface area contributed by atoms with Crippen molar-refractivity contribution in [3.63, 3.8) is 0 Å². The number of esters is 2. The standard InChI is InChI=1S/C19H24BrNO4S.C19H25NO5S/c1-19(2,3)25-17(23)8-7-14(22)18-21-13-10-12(6-5-9-20)15(24-4)11-16(13)26-18;1-19(2,3)25-17(23)8-7-14(22)18-20-13-10-12(6-5-9-21)15(24-4)11-16(13)26-18/h10-11H,5-9H2,1-4H3;10-11,21H,5-9H2,1-4H3. The zero-order valence-corrected chi connectivity index (χ0v) is 34.4. The topological polar surface area (TPSA) is 151 Å². The van der Waals surface area contributed by atoms with Gasteiger partial charge in [0.25, 0.3) is 0 Å². The van der Waals surface area contributed by atoms with E-state index in [1.54, 1.807) is 55.8 Å². The number of aromatic nitrogens is 2. The highest BCUT2D eigenvalue weighted by Crippen LogP contribution is 2.33. The Balaban J connectivity index is 0.000000280. The van der Waals surface area contributed by atoms with E-state index in [1.165, 1.54) is 22.7 Å². The van der Waals surface area contributed by atoms with E-state index in [0.29, 0.717) is 22.9 Å². The Morgan fingerprint density at radius 3 is 1.42 bits per heavy atom. The van der Waals surface area contributed by atoms with Crippen molar-refractivity contribution in [1.29, 1.82) is 0 Å². The van der Waals surface area contributed by atoms with Crippen LogP contribution in [0.1, 0.15) is 111 Å². The fourth-order valence-corrected chi connectivity index (χ4v) is 7.13. The van der Waals surface area contributed by atoms with Crippen LogP contribution in [0.25, 0.3) is 20.4 Å². The van der Waals surface area contributed by atoms with Crippen LogP contribution in [0.3, 0.4) is 0 Å². The highest BCUT2D eigenvalue weighted by atomic mass is 79.9. The average molecular weight is 822 g/mol. The van der Waals surface area contributed by atoms with Gasteiger partial charge in [0.05, 0.1) is 47.5 Å². The van der Waals surface area contributed by atoms with Crippen LogP contribution in [0.5, 0.6) is 11.5 Å². The molecule has 0 aliphatic carbocycles. The number of Topliss-reactive ketones (excluding diaryl/α,β-unsaturated/α-hetero) is 2. The van der Waals surface area contributed by atoms with Crippen molar-refractivity contribution >= 4 is 82.5 Å². The number of ether oxygens (including phenoxy) is 4. The van der Waals surface area contributed by atoms with Crippen LogP contribution < -0.4 is 9.47 Å². The van der Waals surface area contributed by atoms with E-state index in [-0.39, 0.29) is 55.8 Å². The third-order valence-electron chi connectivity index (χ3n) is 7.19. The molecule has 14 heteroatoms. The summed E-state index contributed by atoms with van der Waals surface area (Å²) in [6.07, 6.45) is 3.45. The van der Waals surface area contributed by atoms with Gasteiger partial charge >= 0.3 is 11.9 Å². The van der Waals surface area contributed by atoms with Gasteiger partial charge in [-0.2, -0.15) is 0 Å². The largest absolute Gasteiger partial charge is 0.496 e. The second kappa shape index (κ2) is 19.6. The Labute approximate surface area is 321 Å². The van der Waals surface area contributed by atoms with Crippen molar-refractivity contribution in [2.75, 3.05) is 26.2 Å². The number of rotatable bonds is 16. The zero-order chi connectivity index (χ0) is 38.6. The predicted molar refractivity (Wildman–Crippen MR) is 209 cm³/mol. The lowest BCUT2D eigenvalue weighted by molar-refractivity contribution is -0.155. The SMILES string of the molecule is COc1cc2sc(C(=O)CCC(=O)OC(C)(C)C)nc2cc1CCCBr.COc1cc2sc(C(=O)CCC(=O)OC(C)(C)C)nc2cc1CCCO. The second-order valence-corrected chi connectivity index (χ2v) is 16.8. The fourth-order valence-electron chi connectivity index (χ4n) is 4.96. The van der Waals surface area contributed by atoms with E-state index in [2.05, 4.69) is 25.9 Å². The summed E-state index contributed by atoms with van der Waals surface area (Å²) in [5.41, 5.74) is 2.45. The van der Waals surface area contributed by atoms with Gasteiger partial charge < -0.3 is 24.1 Å². The summed E-state index contributed by atoms with van der Waals surface area (Å²) < 4.78 is 23.1. The Kier molecular flexibility index (Phi) is 16.2. The minimum Gasteiger partial charge on any atom is -0.496 e. The molecule has 2 aromatic heterocycles. The van der Waals surface area contributed by atoms with Gasteiger partial charge in [-0.25, -0.2) is 9.97 Å². The van der Waals surface area contributed by atoms with Crippen LogP contribution in [-0.4, -0.2) is 75.9 Å². The molecule has 0 saturated heterocycles. The molecule has 2 aromatic carbocycles. The molecule has 0 bridgehead atoms. The monoisotopic (exact) mass is 820 g/mol. The predicted octanol–water partition coefficient (Wildman–Crippen LogP) is 8.47. The molecule has 0 saturated carbocycles. The molecule has 1 N–H and O–H groups in total. The Morgan fingerprint density at radius 1 is 0.673 bits per heavy atom. The zero-order valence-electron chi connectivity index (χ0n) is 31.2. The maximum atomic E-state index is 12.4. The summed E-state index contributed by atoms with van der Waals surface area (Å²) in [4.78, 5) is 57.2. The first kappa shape index (κ1) is 42.9. The highest BCUT2D eigenvalue weighted by molar-refractivity contribution is 9.09. The lowest BCUT2D eigenvalue weighted by atomic mass is 10.1. The van der Waals surface area contributed by atoms with Crippen LogP contribution in [0.4, 0.5) is 0 Å². The molecule has 0 aliphatic heterocycles. The number of aliphatic hydroxyl groups excluding tert-OH is 1. The van der Waals surface area contributed by atoms with Crippen LogP contribution in [0, 0.1) is 0 Å². The van der Waals surface area contributed by atoms with E-state index >= 15 is 0 Å². The molecule has 4 rings (SSSR count). The van der Waals surface area contributed by atoms with Crippen molar-refractivity contribution < 1.29 is 43.2 Å². The summed E-state index contributed by atoms with van der Waals surface area (Å²) in [6, 6.07) is 7.68. The van der Waals surface area contributed by atoms with Crippen molar-refractivity contribution in [2.45, 2.75) is 104 Å². The van der Waals surface area contributed by atoms with Crippen LogP contribution in [-0.2, 0) is 31.9 Å². The molecule has 0 amide bonds. The molecular weight excluding hydrogens is 772 g/mol. The average Bonchev–Trinajstić information content (AvgIpc) is 3.69. The third-order valence-corrected chi connectivity index (χ3v) is 9.87. The number of halogens is 1. The number of aliphatic hydroxyl groups is 1. The van der Waals surface area contributed by atoms with Crippen molar-refractivity contribution in [3.05, 3.63) is 45.4 Å². The Bertz CT molecular complexity index is 1720. The Morgan fingerprint density at radius 2 is 1.08 bits per heavy atom. The molecule has 0 aliphatic rings. The van der Waals surface area contributed by atoms with Gasteiger partial charge in [-0.15, -0.1) is 22.7 Å². The number of hydrogen-bond donors (Lipinski definition) is 1. The van der Waals surface area contributed by atoms with Crippen LogP contribution in [0.15, 0.2) is 24.3 Å². The smallest absolute Gasteiger partial charge is 0.306 e. The van der Waals surface area contributed by atoms with Gasteiger partial charge in [0.2, 0.25) is 0 Å². The molecule has 11 nitrogen and oxygen atoms in total. The fraction of sp³-hybridized carbons (Fsp3) is 0.526. The van der Waals surface area contributed by atoms with E-state index in [9.17, 15) is 19.2 Å². The molecule has 0 fully saturated rings. The first-order chi connectivity index (χ1) is 24.5. The van der Waals surface area contributed by atoms with Crippen LogP contribution in [0.2, 0.25) is 0 Å². The number of carbonyl (C=O) groups is 4.